The zero-order chi connectivity index (χ0) is 13.5. The number of nitrogens with one attached hydrogen (secondary N) is 1. The van der Waals surface area contributed by atoms with E-state index in [0.717, 1.165) is 17.7 Å². The number of ether oxygens (including phenoxy) is 1. The molecule has 18 heavy (non-hydrogen) atoms. The van der Waals surface area contributed by atoms with Gasteiger partial charge in [0.25, 0.3) is 0 Å². The van der Waals surface area contributed by atoms with E-state index < -0.39 is 0 Å². The molecular weight excluding hydrogens is 294 g/mol. The summed E-state index contributed by atoms with van der Waals surface area (Å²) in [5.41, 5.74) is 1.05. The molecule has 1 amide bonds. The van der Waals surface area contributed by atoms with Crippen molar-refractivity contribution in [2.75, 3.05) is 6.61 Å². The van der Waals surface area contributed by atoms with Gasteiger partial charge in [-0.3, -0.25) is 4.79 Å². The maximum Gasteiger partial charge on any atom is 0.234 e. The van der Waals surface area contributed by atoms with Crippen LogP contribution in [0.4, 0.5) is 0 Å². The Bertz CT molecular complexity index is 395. The highest BCUT2D eigenvalue weighted by molar-refractivity contribution is 9.10. The number of alkyl halides is 1. The predicted octanol–water partition coefficient (Wildman–Crippen LogP) is 3.44. The van der Waals surface area contributed by atoms with Crippen LogP contribution in [0, 0.1) is 0 Å². The Kier molecular flexibility index (Phi) is 6.19. The van der Waals surface area contributed by atoms with Crippen LogP contribution in [-0.2, 0) is 4.79 Å². The second kappa shape index (κ2) is 7.41. The van der Waals surface area contributed by atoms with Crippen molar-refractivity contribution in [3.63, 3.8) is 0 Å². The van der Waals surface area contributed by atoms with E-state index in [9.17, 15) is 4.79 Å². The van der Waals surface area contributed by atoms with Crippen LogP contribution in [0.3, 0.4) is 0 Å². The van der Waals surface area contributed by atoms with E-state index in [0.29, 0.717) is 6.61 Å². The molecule has 0 aliphatic heterocycles. The highest BCUT2D eigenvalue weighted by atomic mass is 79.9. The van der Waals surface area contributed by atoms with E-state index in [1.165, 1.54) is 0 Å². The van der Waals surface area contributed by atoms with Crippen LogP contribution < -0.4 is 10.1 Å². The SMILES string of the molecule is CCOc1cccc([C@H](C)NC(=O)[C@H](Br)CC)c1. The Hall–Kier alpha value is -1.03. The summed E-state index contributed by atoms with van der Waals surface area (Å²) in [5, 5.41) is 2.97. The average molecular weight is 314 g/mol. The molecule has 0 aliphatic rings. The van der Waals surface area contributed by atoms with E-state index in [1.54, 1.807) is 0 Å². The molecule has 0 bridgehead atoms. The van der Waals surface area contributed by atoms with E-state index in [2.05, 4.69) is 21.2 Å². The maximum atomic E-state index is 11.8. The first kappa shape index (κ1) is 15.0. The number of hydrogen-bond donors (Lipinski definition) is 1. The normalized spacial score (nSPS) is 13.8. The van der Waals surface area contributed by atoms with E-state index in [4.69, 9.17) is 4.74 Å². The molecule has 0 aliphatic carbocycles. The van der Waals surface area contributed by atoms with Gasteiger partial charge in [0.1, 0.15) is 5.75 Å². The third-order valence-corrected chi connectivity index (χ3v) is 3.73. The number of rotatable bonds is 6. The third-order valence-electron chi connectivity index (χ3n) is 2.67. The van der Waals surface area contributed by atoms with Crippen molar-refractivity contribution in [2.45, 2.75) is 38.1 Å². The molecule has 1 rings (SSSR count). The standard InChI is InChI=1S/C14H20BrNO2/c1-4-13(15)14(17)16-10(3)11-7-6-8-12(9-11)18-5-2/h6-10,13H,4-5H2,1-3H3,(H,16,17)/t10-,13+/m0/s1. The van der Waals surface area contributed by atoms with Gasteiger partial charge in [0.05, 0.1) is 17.5 Å². The van der Waals surface area contributed by atoms with Crippen LogP contribution in [0.15, 0.2) is 24.3 Å². The lowest BCUT2D eigenvalue weighted by Crippen LogP contribution is -2.32. The second-order valence-corrected chi connectivity index (χ2v) is 5.22. The lowest BCUT2D eigenvalue weighted by atomic mass is 10.1. The summed E-state index contributed by atoms with van der Waals surface area (Å²) in [5.74, 6) is 0.855. The van der Waals surface area contributed by atoms with Crippen molar-refractivity contribution in [3.05, 3.63) is 29.8 Å². The molecule has 1 aromatic rings. The topological polar surface area (TPSA) is 38.3 Å². The van der Waals surface area contributed by atoms with Crippen molar-refractivity contribution in [2.24, 2.45) is 0 Å². The van der Waals surface area contributed by atoms with Gasteiger partial charge in [-0.05, 0) is 38.0 Å². The van der Waals surface area contributed by atoms with Crippen molar-refractivity contribution in [1.82, 2.24) is 5.32 Å². The van der Waals surface area contributed by atoms with Crippen LogP contribution in [-0.4, -0.2) is 17.3 Å². The molecule has 0 fully saturated rings. The van der Waals surface area contributed by atoms with Crippen LogP contribution >= 0.6 is 15.9 Å². The molecule has 0 unspecified atom stereocenters. The van der Waals surface area contributed by atoms with Gasteiger partial charge < -0.3 is 10.1 Å². The van der Waals surface area contributed by atoms with Crippen molar-refractivity contribution in [1.29, 1.82) is 0 Å². The van der Waals surface area contributed by atoms with Gasteiger partial charge in [-0.2, -0.15) is 0 Å². The summed E-state index contributed by atoms with van der Waals surface area (Å²) in [7, 11) is 0. The highest BCUT2D eigenvalue weighted by Crippen LogP contribution is 2.19. The zero-order valence-corrected chi connectivity index (χ0v) is 12.7. The number of hydrogen-bond acceptors (Lipinski definition) is 2. The molecule has 1 N–H and O–H groups in total. The van der Waals surface area contributed by atoms with Gasteiger partial charge in [0, 0.05) is 0 Å². The zero-order valence-electron chi connectivity index (χ0n) is 11.1. The molecular formula is C14H20BrNO2. The summed E-state index contributed by atoms with van der Waals surface area (Å²) in [6.07, 6.45) is 0.775. The Morgan fingerprint density at radius 3 is 2.78 bits per heavy atom. The average Bonchev–Trinajstić information content (AvgIpc) is 2.38. The van der Waals surface area contributed by atoms with Gasteiger partial charge in [0.2, 0.25) is 5.91 Å². The van der Waals surface area contributed by atoms with Crippen LogP contribution in [0.2, 0.25) is 0 Å². The van der Waals surface area contributed by atoms with Gasteiger partial charge in [0.15, 0.2) is 0 Å². The lowest BCUT2D eigenvalue weighted by Gasteiger charge is -2.17. The Labute approximate surface area is 117 Å². The monoisotopic (exact) mass is 313 g/mol. The van der Waals surface area contributed by atoms with Gasteiger partial charge in [-0.25, -0.2) is 0 Å². The molecule has 100 valence electrons. The van der Waals surface area contributed by atoms with E-state index in [-0.39, 0.29) is 16.8 Å². The number of carbonyl (C=O) groups is 1. The summed E-state index contributed by atoms with van der Waals surface area (Å²) in [6.45, 7) is 6.54. The molecule has 0 radical (unpaired) electrons. The second-order valence-electron chi connectivity index (χ2n) is 4.11. The first-order valence-corrected chi connectivity index (χ1v) is 7.17. The fourth-order valence-corrected chi connectivity index (χ4v) is 1.75. The number of halogens is 1. The fourth-order valence-electron chi connectivity index (χ4n) is 1.61. The Balaban J connectivity index is 2.68. The van der Waals surface area contributed by atoms with E-state index >= 15 is 0 Å². The number of carbonyl (C=O) groups excluding carboxylic acids is 1. The number of amides is 1. The van der Waals surface area contributed by atoms with Crippen LogP contribution in [0.1, 0.15) is 38.8 Å². The molecule has 0 heterocycles. The van der Waals surface area contributed by atoms with Crippen LogP contribution in [0.5, 0.6) is 5.75 Å². The van der Waals surface area contributed by atoms with Crippen LogP contribution in [0.25, 0.3) is 0 Å². The lowest BCUT2D eigenvalue weighted by molar-refractivity contribution is -0.121. The fraction of sp³-hybridized carbons (Fsp3) is 0.500. The molecule has 0 spiro atoms. The predicted molar refractivity (Wildman–Crippen MR) is 77.2 cm³/mol. The number of benzene rings is 1. The summed E-state index contributed by atoms with van der Waals surface area (Å²) >= 11 is 3.35. The quantitative estimate of drug-likeness (QED) is 0.817. The molecule has 4 heteroatoms. The van der Waals surface area contributed by atoms with Crippen molar-refractivity contribution >= 4 is 21.8 Å². The minimum Gasteiger partial charge on any atom is -0.494 e. The molecule has 0 aromatic heterocycles. The summed E-state index contributed by atoms with van der Waals surface area (Å²) < 4.78 is 5.45. The summed E-state index contributed by atoms with van der Waals surface area (Å²) in [4.78, 5) is 11.6. The van der Waals surface area contributed by atoms with Gasteiger partial charge in [-0.1, -0.05) is 35.0 Å². The molecule has 1 aromatic carbocycles. The smallest absolute Gasteiger partial charge is 0.234 e. The van der Waals surface area contributed by atoms with Crippen molar-refractivity contribution in [3.8, 4) is 5.75 Å². The summed E-state index contributed by atoms with van der Waals surface area (Å²) in [6, 6.07) is 7.78. The first-order valence-electron chi connectivity index (χ1n) is 6.25. The minimum atomic E-state index is -0.130. The van der Waals surface area contributed by atoms with Gasteiger partial charge in [-0.15, -0.1) is 0 Å². The molecule has 2 atom stereocenters. The molecule has 3 nitrogen and oxygen atoms in total. The molecule has 0 saturated carbocycles. The van der Waals surface area contributed by atoms with Gasteiger partial charge >= 0.3 is 0 Å². The Morgan fingerprint density at radius 2 is 2.17 bits per heavy atom. The highest BCUT2D eigenvalue weighted by Gasteiger charge is 2.15. The minimum absolute atomic E-state index is 0.0202. The third kappa shape index (κ3) is 4.33. The maximum absolute atomic E-state index is 11.8. The van der Waals surface area contributed by atoms with Crippen molar-refractivity contribution < 1.29 is 9.53 Å². The molecule has 0 saturated heterocycles. The van der Waals surface area contributed by atoms with E-state index in [1.807, 2.05) is 45.0 Å². The largest absolute Gasteiger partial charge is 0.494 e. The Morgan fingerprint density at radius 1 is 1.44 bits per heavy atom. The first-order chi connectivity index (χ1) is 8.58.